The fourth-order valence-corrected chi connectivity index (χ4v) is 3.83. The van der Waals surface area contributed by atoms with E-state index in [1.807, 2.05) is 42.5 Å². The zero-order chi connectivity index (χ0) is 22.1. The van der Waals surface area contributed by atoms with Gasteiger partial charge in [0.15, 0.2) is 5.65 Å². The predicted molar refractivity (Wildman–Crippen MR) is 122 cm³/mol. The molecule has 4 aromatic rings. The Morgan fingerprint density at radius 3 is 2.66 bits per heavy atom. The minimum Gasteiger partial charge on any atom is -0.353 e. The molecule has 0 bridgehead atoms. The standard InChI is InChI=1S/C23H19ClN6O2/c24-17-4-1-3-16(13-17)19-5-2-6-20-27-23(28-30(19)20)26-18-9-7-15(8-10-18)22(32)29-12-11-25-21(31)14-29/h1-10,13H,11-12,14H2,(H,25,31)(H,26,28). The number of hydrogen-bond acceptors (Lipinski definition) is 5. The van der Waals surface area contributed by atoms with Crippen molar-refractivity contribution in [2.45, 2.75) is 0 Å². The fourth-order valence-electron chi connectivity index (χ4n) is 3.64. The molecule has 0 unspecified atom stereocenters. The first-order valence-electron chi connectivity index (χ1n) is 10.1. The van der Waals surface area contributed by atoms with Crippen LogP contribution in [-0.2, 0) is 4.79 Å². The maximum atomic E-state index is 12.6. The number of pyridine rings is 1. The van der Waals surface area contributed by atoms with Gasteiger partial charge < -0.3 is 15.5 Å². The number of fused-ring (bicyclic) bond motifs is 1. The largest absolute Gasteiger partial charge is 0.353 e. The second-order valence-electron chi connectivity index (χ2n) is 7.41. The Morgan fingerprint density at radius 2 is 1.88 bits per heavy atom. The van der Waals surface area contributed by atoms with Crippen molar-refractivity contribution in [2.75, 3.05) is 25.0 Å². The molecule has 1 fully saturated rings. The number of nitrogens with one attached hydrogen (secondary N) is 2. The molecule has 2 aromatic carbocycles. The van der Waals surface area contributed by atoms with Gasteiger partial charge in [0.2, 0.25) is 11.9 Å². The van der Waals surface area contributed by atoms with E-state index in [4.69, 9.17) is 11.6 Å². The van der Waals surface area contributed by atoms with Crippen molar-refractivity contribution in [3.8, 4) is 11.3 Å². The number of piperazine rings is 1. The number of aromatic nitrogens is 3. The van der Waals surface area contributed by atoms with Gasteiger partial charge in [-0.05, 0) is 48.5 Å². The molecule has 3 heterocycles. The van der Waals surface area contributed by atoms with Crippen LogP contribution in [-0.4, -0.2) is 50.9 Å². The summed E-state index contributed by atoms with van der Waals surface area (Å²) in [6.45, 7) is 1.06. The summed E-state index contributed by atoms with van der Waals surface area (Å²) in [7, 11) is 0. The van der Waals surface area contributed by atoms with Crippen LogP contribution in [0.2, 0.25) is 5.02 Å². The molecular formula is C23H19ClN6O2. The van der Waals surface area contributed by atoms with E-state index < -0.39 is 0 Å². The quantitative estimate of drug-likeness (QED) is 0.501. The molecule has 0 atom stereocenters. The normalized spacial score (nSPS) is 13.8. The molecule has 0 aliphatic carbocycles. The van der Waals surface area contributed by atoms with Crippen molar-refractivity contribution in [3.05, 3.63) is 77.3 Å². The molecule has 160 valence electrons. The Morgan fingerprint density at radius 1 is 1.06 bits per heavy atom. The van der Waals surface area contributed by atoms with Crippen LogP contribution >= 0.6 is 11.6 Å². The lowest BCUT2D eigenvalue weighted by Crippen LogP contribution is -2.49. The predicted octanol–water partition coefficient (Wildman–Crippen LogP) is 3.37. The van der Waals surface area contributed by atoms with Gasteiger partial charge in [-0.15, -0.1) is 5.10 Å². The third-order valence-electron chi connectivity index (χ3n) is 5.19. The number of anilines is 2. The van der Waals surface area contributed by atoms with E-state index in [1.54, 1.807) is 33.7 Å². The van der Waals surface area contributed by atoms with Gasteiger partial charge in [0.25, 0.3) is 5.91 Å². The van der Waals surface area contributed by atoms with E-state index in [2.05, 4.69) is 20.7 Å². The van der Waals surface area contributed by atoms with Crippen molar-refractivity contribution < 1.29 is 9.59 Å². The number of carbonyl (C=O) groups is 2. The first-order valence-corrected chi connectivity index (χ1v) is 10.5. The van der Waals surface area contributed by atoms with Crippen molar-refractivity contribution in [1.82, 2.24) is 24.8 Å². The highest BCUT2D eigenvalue weighted by atomic mass is 35.5. The number of rotatable bonds is 4. The van der Waals surface area contributed by atoms with Crippen LogP contribution in [0, 0.1) is 0 Å². The van der Waals surface area contributed by atoms with Gasteiger partial charge in [-0.1, -0.05) is 29.8 Å². The van der Waals surface area contributed by atoms with E-state index in [0.29, 0.717) is 35.3 Å². The van der Waals surface area contributed by atoms with E-state index in [0.717, 1.165) is 16.9 Å². The molecule has 5 rings (SSSR count). The number of carbonyl (C=O) groups excluding carboxylic acids is 2. The lowest BCUT2D eigenvalue weighted by atomic mass is 10.1. The topological polar surface area (TPSA) is 91.6 Å². The van der Waals surface area contributed by atoms with Crippen LogP contribution in [0.1, 0.15) is 10.4 Å². The summed E-state index contributed by atoms with van der Waals surface area (Å²) >= 11 is 6.15. The molecule has 2 amide bonds. The zero-order valence-electron chi connectivity index (χ0n) is 17.0. The Hall–Kier alpha value is -3.91. The lowest BCUT2D eigenvalue weighted by molar-refractivity contribution is -0.123. The molecule has 8 nitrogen and oxygen atoms in total. The molecule has 1 aliphatic rings. The summed E-state index contributed by atoms with van der Waals surface area (Å²) in [5, 5.41) is 11.1. The van der Waals surface area contributed by atoms with Crippen LogP contribution in [0.15, 0.2) is 66.7 Å². The van der Waals surface area contributed by atoms with E-state index in [1.165, 1.54) is 0 Å². The third kappa shape index (κ3) is 4.00. The average Bonchev–Trinajstić information content (AvgIpc) is 3.21. The number of benzene rings is 2. The first-order chi connectivity index (χ1) is 15.6. The second kappa shape index (κ2) is 8.32. The van der Waals surface area contributed by atoms with Gasteiger partial charge in [0.1, 0.15) is 0 Å². The Kier molecular flexibility index (Phi) is 5.20. The van der Waals surface area contributed by atoms with Gasteiger partial charge in [-0.3, -0.25) is 9.59 Å². The van der Waals surface area contributed by atoms with Crippen molar-refractivity contribution >= 4 is 40.7 Å². The van der Waals surface area contributed by atoms with Crippen molar-refractivity contribution in [2.24, 2.45) is 0 Å². The molecule has 1 aliphatic heterocycles. The number of hydrogen-bond donors (Lipinski definition) is 2. The van der Waals surface area contributed by atoms with Crippen LogP contribution in [0.25, 0.3) is 16.9 Å². The zero-order valence-corrected chi connectivity index (χ0v) is 17.7. The molecule has 9 heteroatoms. The maximum absolute atomic E-state index is 12.6. The molecule has 32 heavy (non-hydrogen) atoms. The van der Waals surface area contributed by atoms with Gasteiger partial charge in [-0.2, -0.15) is 4.98 Å². The van der Waals surface area contributed by atoms with Gasteiger partial charge in [0.05, 0.1) is 12.2 Å². The summed E-state index contributed by atoms with van der Waals surface area (Å²) in [5.41, 5.74) is 3.78. The average molecular weight is 447 g/mol. The van der Waals surface area contributed by atoms with Gasteiger partial charge in [0, 0.05) is 34.9 Å². The monoisotopic (exact) mass is 446 g/mol. The molecule has 0 radical (unpaired) electrons. The number of nitrogens with zero attached hydrogens (tertiary/aromatic N) is 4. The molecule has 0 saturated carbocycles. The van der Waals surface area contributed by atoms with Crippen molar-refractivity contribution in [1.29, 1.82) is 0 Å². The van der Waals surface area contributed by atoms with E-state index in [9.17, 15) is 9.59 Å². The van der Waals surface area contributed by atoms with Crippen LogP contribution < -0.4 is 10.6 Å². The third-order valence-corrected chi connectivity index (χ3v) is 5.43. The summed E-state index contributed by atoms with van der Waals surface area (Å²) in [6, 6.07) is 20.4. The van der Waals surface area contributed by atoms with Crippen molar-refractivity contribution in [3.63, 3.8) is 0 Å². The Labute approximate surface area is 188 Å². The minimum absolute atomic E-state index is 0.0823. The molecule has 1 saturated heterocycles. The van der Waals surface area contributed by atoms with Crippen LogP contribution in [0.5, 0.6) is 0 Å². The highest BCUT2D eigenvalue weighted by molar-refractivity contribution is 6.30. The number of amides is 2. The first kappa shape index (κ1) is 20.0. The van der Waals surface area contributed by atoms with Crippen LogP contribution in [0.4, 0.5) is 11.6 Å². The molecular weight excluding hydrogens is 428 g/mol. The minimum atomic E-state index is -0.164. The number of halogens is 1. The van der Waals surface area contributed by atoms with Gasteiger partial charge >= 0.3 is 0 Å². The Bertz CT molecular complexity index is 1320. The summed E-state index contributed by atoms with van der Waals surface area (Å²) in [4.78, 5) is 30.2. The summed E-state index contributed by atoms with van der Waals surface area (Å²) in [5.74, 6) is 0.132. The van der Waals surface area contributed by atoms with Gasteiger partial charge in [-0.25, -0.2) is 4.52 Å². The maximum Gasteiger partial charge on any atom is 0.254 e. The molecule has 0 spiro atoms. The smallest absolute Gasteiger partial charge is 0.254 e. The highest BCUT2D eigenvalue weighted by Crippen LogP contribution is 2.24. The highest BCUT2D eigenvalue weighted by Gasteiger charge is 2.22. The van der Waals surface area contributed by atoms with E-state index in [-0.39, 0.29) is 18.4 Å². The Balaban J connectivity index is 1.36. The molecule has 2 aromatic heterocycles. The summed E-state index contributed by atoms with van der Waals surface area (Å²) in [6.07, 6.45) is 0. The van der Waals surface area contributed by atoms with Crippen LogP contribution in [0.3, 0.4) is 0 Å². The summed E-state index contributed by atoms with van der Waals surface area (Å²) < 4.78 is 1.76. The fraction of sp³-hybridized carbons (Fsp3) is 0.130. The second-order valence-corrected chi connectivity index (χ2v) is 7.84. The lowest BCUT2D eigenvalue weighted by Gasteiger charge is -2.26. The molecule has 2 N–H and O–H groups in total. The SMILES string of the molecule is O=C1CN(C(=O)c2ccc(Nc3nc4cccc(-c5cccc(Cl)c5)n4n3)cc2)CCN1. The van der Waals surface area contributed by atoms with E-state index >= 15 is 0 Å².